The average molecular weight is 201 g/mol. The maximum absolute atomic E-state index is 3.21. The molecule has 2 heteroatoms. The Hall–Kier alpha value is -1.53. The zero-order valence-electron chi connectivity index (χ0n) is 9.19. The fraction of sp³-hybridized carbons (Fsp3) is 0.385. The van der Waals surface area contributed by atoms with E-state index < -0.39 is 0 Å². The van der Waals surface area contributed by atoms with Gasteiger partial charge in [-0.1, -0.05) is 19.4 Å². The maximum atomic E-state index is 3.21. The fourth-order valence-electron chi connectivity index (χ4n) is 1.67. The van der Waals surface area contributed by atoms with Crippen LogP contribution in [0.2, 0.25) is 0 Å². The molecule has 0 amide bonds. The lowest BCUT2D eigenvalue weighted by Gasteiger charge is -1.94. The minimum atomic E-state index is 0.923. The molecule has 0 fully saturated rings. The summed E-state index contributed by atoms with van der Waals surface area (Å²) in [7, 11) is 0. The van der Waals surface area contributed by atoms with Crippen molar-refractivity contribution in [2.24, 2.45) is 0 Å². The summed E-state index contributed by atoms with van der Waals surface area (Å²) in [6, 6.07) is 0. The molecule has 1 heterocycles. The van der Waals surface area contributed by atoms with Gasteiger partial charge in [-0.15, -0.1) is 5.73 Å². The summed E-state index contributed by atoms with van der Waals surface area (Å²) in [5, 5.41) is 0. The second-order valence-corrected chi connectivity index (χ2v) is 3.87. The molecular formula is C13H17N2+. The number of aryl methyl sites for hydroxylation is 1. The van der Waals surface area contributed by atoms with Gasteiger partial charge in [0.1, 0.15) is 18.9 Å². The third-order valence-corrected chi connectivity index (χ3v) is 2.53. The predicted molar refractivity (Wildman–Crippen MR) is 60.3 cm³/mol. The highest BCUT2D eigenvalue weighted by Gasteiger charge is 2.04. The van der Waals surface area contributed by atoms with Gasteiger partial charge < -0.3 is 0 Å². The summed E-state index contributed by atoms with van der Waals surface area (Å²) in [6.07, 6.45) is 15.0. The van der Waals surface area contributed by atoms with Crippen LogP contribution in [0.15, 0.2) is 48.3 Å². The van der Waals surface area contributed by atoms with Crippen LogP contribution in [0.4, 0.5) is 0 Å². The first-order chi connectivity index (χ1) is 7.38. The first kappa shape index (κ1) is 10.0. The monoisotopic (exact) mass is 201 g/mol. The lowest BCUT2D eigenvalue weighted by molar-refractivity contribution is -0.688. The largest absolute Gasteiger partial charge is 0.244 e. The second-order valence-electron chi connectivity index (χ2n) is 3.87. The molecule has 0 saturated heterocycles. The van der Waals surface area contributed by atoms with Crippen LogP contribution in [0.5, 0.6) is 0 Å². The number of unbranched alkanes of at least 4 members (excludes halogenated alkanes) is 1. The highest BCUT2D eigenvalue weighted by molar-refractivity contribution is 5.27. The molecule has 1 aliphatic carbocycles. The minimum Gasteiger partial charge on any atom is -0.237 e. The quantitative estimate of drug-likeness (QED) is 0.510. The van der Waals surface area contributed by atoms with Crippen molar-refractivity contribution in [3.63, 3.8) is 0 Å². The summed E-state index contributed by atoms with van der Waals surface area (Å²) in [5.74, 6) is 0. The third kappa shape index (κ3) is 2.71. The van der Waals surface area contributed by atoms with Gasteiger partial charge in [0.15, 0.2) is 0 Å². The molecule has 2 rings (SSSR count). The minimum absolute atomic E-state index is 0.923. The molecule has 78 valence electrons. The van der Waals surface area contributed by atoms with Gasteiger partial charge in [0, 0.05) is 5.57 Å². The van der Waals surface area contributed by atoms with Gasteiger partial charge in [-0.25, -0.2) is 9.13 Å². The SMILES string of the molecule is CCCCn1cc[n+](CC2=C=CC=C2)c1. The summed E-state index contributed by atoms with van der Waals surface area (Å²) in [5.41, 5.74) is 4.45. The second kappa shape index (κ2) is 4.81. The summed E-state index contributed by atoms with van der Waals surface area (Å²) in [4.78, 5) is 0. The van der Waals surface area contributed by atoms with E-state index in [1.54, 1.807) is 0 Å². The lowest BCUT2D eigenvalue weighted by Crippen LogP contribution is -2.31. The van der Waals surface area contributed by atoms with Crippen LogP contribution in [0.1, 0.15) is 19.8 Å². The van der Waals surface area contributed by atoms with Crippen molar-refractivity contribution in [1.29, 1.82) is 0 Å². The summed E-state index contributed by atoms with van der Waals surface area (Å²) in [6.45, 7) is 4.26. The van der Waals surface area contributed by atoms with E-state index in [9.17, 15) is 0 Å². The van der Waals surface area contributed by atoms with Crippen molar-refractivity contribution in [1.82, 2.24) is 4.57 Å². The Morgan fingerprint density at radius 1 is 1.47 bits per heavy atom. The van der Waals surface area contributed by atoms with E-state index in [4.69, 9.17) is 0 Å². The Kier molecular flexibility index (Phi) is 3.21. The van der Waals surface area contributed by atoms with Crippen LogP contribution in [0.25, 0.3) is 0 Å². The Morgan fingerprint density at radius 3 is 3.13 bits per heavy atom. The normalized spacial score (nSPS) is 13.5. The summed E-state index contributed by atoms with van der Waals surface area (Å²) < 4.78 is 4.44. The topological polar surface area (TPSA) is 8.81 Å². The molecule has 1 aromatic rings. The Labute approximate surface area is 90.9 Å². The molecule has 0 radical (unpaired) electrons. The van der Waals surface area contributed by atoms with Gasteiger partial charge in [0.25, 0.3) is 0 Å². The zero-order valence-corrected chi connectivity index (χ0v) is 9.19. The number of hydrogen-bond acceptors (Lipinski definition) is 0. The Bertz CT molecular complexity index is 417. The molecule has 0 unspecified atom stereocenters. The highest BCUT2D eigenvalue weighted by atomic mass is 15.1. The maximum Gasteiger partial charge on any atom is 0.244 e. The van der Waals surface area contributed by atoms with Crippen molar-refractivity contribution in [3.8, 4) is 0 Å². The van der Waals surface area contributed by atoms with E-state index in [0.29, 0.717) is 0 Å². The molecule has 1 aromatic heterocycles. The van der Waals surface area contributed by atoms with E-state index in [0.717, 1.165) is 13.1 Å². The van der Waals surface area contributed by atoms with Crippen LogP contribution in [-0.4, -0.2) is 4.57 Å². The number of rotatable bonds is 5. The number of allylic oxidation sites excluding steroid dienone is 3. The Balaban J connectivity index is 1.95. The van der Waals surface area contributed by atoms with Gasteiger partial charge in [-0.05, 0) is 18.6 Å². The molecule has 0 bridgehead atoms. The van der Waals surface area contributed by atoms with Crippen molar-refractivity contribution in [3.05, 3.63) is 48.3 Å². The third-order valence-electron chi connectivity index (χ3n) is 2.53. The molecule has 0 aromatic carbocycles. The van der Waals surface area contributed by atoms with Crippen molar-refractivity contribution >= 4 is 0 Å². The molecule has 0 aliphatic heterocycles. The molecule has 0 N–H and O–H groups in total. The van der Waals surface area contributed by atoms with E-state index >= 15 is 0 Å². The van der Waals surface area contributed by atoms with Crippen LogP contribution < -0.4 is 4.57 Å². The standard InChI is InChI=1S/C13H17N2/c1-2-3-8-14-9-10-15(12-14)11-13-6-4-5-7-13/h4-6,9-10,12H,2-3,8,11H2,1H3/q+1. The molecule has 1 aliphatic rings. The van der Waals surface area contributed by atoms with Crippen molar-refractivity contribution < 1.29 is 4.57 Å². The van der Waals surface area contributed by atoms with Crippen molar-refractivity contribution in [2.45, 2.75) is 32.9 Å². The number of imidazole rings is 1. The van der Waals surface area contributed by atoms with Crippen LogP contribution in [0, 0.1) is 0 Å². The first-order valence-electron chi connectivity index (χ1n) is 5.55. The molecule has 0 atom stereocenters. The molecule has 2 nitrogen and oxygen atoms in total. The number of hydrogen-bond donors (Lipinski definition) is 0. The smallest absolute Gasteiger partial charge is 0.237 e. The van der Waals surface area contributed by atoms with E-state index in [1.165, 1.54) is 18.4 Å². The van der Waals surface area contributed by atoms with Gasteiger partial charge in [0.05, 0.1) is 6.54 Å². The molecule has 0 spiro atoms. The van der Waals surface area contributed by atoms with Crippen molar-refractivity contribution in [2.75, 3.05) is 0 Å². The lowest BCUT2D eigenvalue weighted by atomic mass is 10.3. The van der Waals surface area contributed by atoms with Gasteiger partial charge in [-0.2, -0.15) is 0 Å². The zero-order chi connectivity index (χ0) is 10.5. The first-order valence-corrected chi connectivity index (χ1v) is 5.55. The predicted octanol–water partition coefficient (Wildman–Crippen LogP) is 2.23. The van der Waals surface area contributed by atoms with Gasteiger partial charge in [0.2, 0.25) is 6.33 Å². The highest BCUT2D eigenvalue weighted by Crippen LogP contribution is 2.01. The van der Waals surface area contributed by atoms with E-state index in [1.807, 2.05) is 12.2 Å². The fourth-order valence-corrected chi connectivity index (χ4v) is 1.67. The average Bonchev–Trinajstić information content (AvgIpc) is 2.87. The number of aromatic nitrogens is 2. The summed E-state index contributed by atoms with van der Waals surface area (Å²) >= 11 is 0. The van der Waals surface area contributed by atoms with E-state index in [-0.39, 0.29) is 0 Å². The van der Waals surface area contributed by atoms with Crippen LogP contribution in [0.3, 0.4) is 0 Å². The molecule has 0 saturated carbocycles. The van der Waals surface area contributed by atoms with Crippen LogP contribution in [-0.2, 0) is 13.1 Å². The Morgan fingerprint density at radius 2 is 2.40 bits per heavy atom. The van der Waals surface area contributed by atoms with Gasteiger partial charge in [-0.3, -0.25) is 0 Å². The van der Waals surface area contributed by atoms with Crippen LogP contribution >= 0.6 is 0 Å². The van der Waals surface area contributed by atoms with E-state index in [2.05, 4.69) is 46.6 Å². The number of nitrogens with zero attached hydrogens (tertiary/aromatic N) is 2. The molecular weight excluding hydrogens is 184 g/mol. The molecule has 15 heavy (non-hydrogen) atoms. The van der Waals surface area contributed by atoms with Gasteiger partial charge >= 0.3 is 0 Å².